The molecular formula is C4H8O3P+. The van der Waals surface area contributed by atoms with Gasteiger partial charge in [-0.1, -0.05) is 0 Å². The molecule has 0 aliphatic rings. The van der Waals surface area contributed by atoms with Gasteiger partial charge in [-0.05, 0) is 13.0 Å². The second kappa shape index (κ2) is 4.75. The quantitative estimate of drug-likeness (QED) is 0.437. The van der Waals surface area contributed by atoms with Crippen LogP contribution in [0.2, 0.25) is 0 Å². The summed E-state index contributed by atoms with van der Waals surface area (Å²) in [6.07, 6.45) is 2.95. The Kier molecular flexibility index (Phi) is 4.51. The molecule has 0 aliphatic heterocycles. The van der Waals surface area contributed by atoms with Crippen molar-refractivity contribution in [3.8, 4) is 0 Å². The molecule has 0 radical (unpaired) electrons. The largest absolute Gasteiger partial charge is 0.749 e. The van der Waals surface area contributed by atoms with E-state index >= 15 is 0 Å². The van der Waals surface area contributed by atoms with E-state index in [1.54, 1.807) is 13.0 Å². The lowest BCUT2D eigenvalue weighted by Gasteiger charge is -1.73. The van der Waals surface area contributed by atoms with Gasteiger partial charge in [0.15, 0.2) is 0 Å². The molecule has 0 N–H and O–H groups in total. The molecule has 1 unspecified atom stereocenters. The van der Waals surface area contributed by atoms with E-state index in [2.05, 4.69) is 9.05 Å². The summed E-state index contributed by atoms with van der Waals surface area (Å²) < 4.78 is 19.0. The second-order valence-corrected chi connectivity index (χ2v) is 2.00. The van der Waals surface area contributed by atoms with Gasteiger partial charge in [0.05, 0.1) is 7.11 Å². The van der Waals surface area contributed by atoms with Gasteiger partial charge in [0.25, 0.3) is 0 Å². The van der Waals surface area contributed by atoms with Crippen LogP contribution in [0.1, 0.15) is 6.92 Å². The lowest BCUT2D eigenvalue weighted by molar-refractivity contribution is 0.326. The molecule has 0 rings (SSSR count). The van der Waals surface area contributed by atoms with Crippen LogP contribution in [0.3, 0.4) is 0 Å². The van der Waals surface area contributed by atoms with Gasteiger partial charge in [-0.25, -0.2) is 4.52 Å². The van der Waals surface area contributed by atoms with Crippen LogP contribution in [0.4, 0.5) is 0 Å². The first-order chi connectivity index (χ1) is 3.81. The van der Waals surface area contributed by atoms with Crippen molar-refractivity contribution in [2.75, 3.05) is 7.11 Å². The zero-order valence-corrected chi connectivity index (χ0v) is 5.72. The third kappa shape index (κ3) is 3.78. The summed E-state index contributed by atoms with van der Waals surface area (Å²) in [6.45, 7) is 1.76. The maximum Gasteiger partial charge on any atom is 0.749 e. The molecule has 0 heterocycles. The molecular weight excluding hydrogens is 127 g/mol. The minimum Gasteiger partial charge on any atom is -0.238 e. The van der Waals surface area contributed by atoms with Crippen LogP contribution in [0.25, 0.3) is 0 Å². The maximum absolute atomic E-state index is 10.2. The van der Waals surface area contributed by atoms with E-state index in [1.165, 1.54) is 13.4 Å². The van der Waals surface area contributed by atoms with Crippen molar-refractivity contribution in [1.29, 1.82) is 0 Å². The summed E-state index contributed by atoms with van der Waals surface area (Å²) in [4.78, 5) is 0. The van der Waals surface area contributed by atoms with Gasteiger partial charge in [-0.3, -0.25) is 0 Å². The van der Waals surface area contributed by atoms with Crippen LogP contribution in [0, 0.1) is 0 Å². The highest BCUT2D eigenvalue weighted by Gasteiger charge is 2.13. The summed E-state index contributed by atoms with van der Waals surface area (Å²) in [6, 6.07) is 0. The topological polar surface area (TPSA) is 35.5 Å². The molecule has 0 fully saturated rings. The van der Waals surface area contributed by atoms with Gasteiger partial charge in [0.2, 0.25) is 0 Å². The highest BCUT2D eigenvalue weighted by molar-refractivity contribution is 7.33. The van der Waals surface area contributed by atoms with Crippen molar-refractivity contribution in [3.63, 3.8) is 0 Å². The molecule has 0 saturated carbocycles. The summed E-state index contributed by atoms with van der Waals surface area (Å²) in [7, 11) is -0.599. The molecule has 0 saturated heterocycles. The summed E-state index contributed by atoms with van der Waals surface area (Å²) >= 11 is 0. The Morgan fingerprint density at radius 3 is 2.62 bits per heavy atom. The standard InChI is InChI=1S/C4H8O3P/c1-3-4-7-8(5)6-2/h3-4H,1-2H3/q+1. The first-order valence-corrected chi connectivity index (χ1v) is 3.20. The molecule has 46 valence electrons. The van der Waals surface area contributed by atoms with Crippen LogP contribution < -0.4 is 0 Å². The Balaban J connectivity index is 3.25. The van der Waals surface area contributed by atoms with Crippen molar-refractivity contribution in [1.82, 2.24) is 0 Å². The number of allylic oxidation sites excluding steroid dienone is 1. The SMILES string of the molecule is CC=CO[P+](=O)OC. The molecule has 8 heavy (non-hydrogen) atoms. The first kappa shape index (κ1) is 7.60. The highest BCUT2D eigenvalue weighted by atomic mass is 31.1. The molecule has 0 aromatic rings. The molecule has 0 aromatic heterocycles. The minimum atomic E-state index is -1.92. The Labute approximate surface area is 49.2 Å². The van der Waals surface area contributed by atoms with Gasteiger partial charge < -0.3 is 0 Å². The van der Waals surface area contributed by atoms with E-state index in [1.807, 2.05) is 0 Å². The monoisotopic (exact) mass is 135 g/mol. The van der Waals surface area contributed by atoms with Crippen LogP contribution in [0.5, 0.6) is 0 Å². The lowest BCUT2D eigenvalue weighted by atomic mass is 10.8. The van der Waals surface area contributed by atoms with E-state index in [-0.39, 0.29) is 0 Å². The van der Waals surface area contributed by atoms with Crippen LogP contribution >= 0.6 is 8.25 Å². The number of hydrogen-bond acceptors (Lipinski definition) is 3. The highest BCUT2D eigenvalue weighted by Crippen LogP contribution is 2.21. The summed E-state index contributed by atoms with van der Waals surface area (Å²) in [5, 5.41) is 0. The van der Waals surface area contributed by atoms with E-state index in [9.17, 15) is 4.57 Å². The number of rotatable bonds is 3. The summed E-state index contributed by atoms with van der Waals surface area (Å²) in [5.41, 5.74) is 0. The van der Waals surface area contributed by atoms with Gasteiger partial charge in [-0.2, -0.15) is 0 Å². The average molecular weight is 135 g/mol. The maximum atomic E-state index is 10.2. The number of hydrogen-bond donors (Lipinski definition) is 0. The lowest BCUT2D eigenvalue weighted by Crippen LogP contribution is -1.67. The second-order valence-electron chi connectivity index (χ2n) is 0.981. The normalized spacial score (nSPS) is 12.0. The third-order valence-electron chi connectivity index (χ3n) is 0.432. The molecule has 3 nitrogen and oxygen atoms in total. The predicted molar refractivity (Wildman–Crippen MR) is 30.5 cm³/mol. The predicted octanol–water partition coefficient (Wildman–Crippen LogP) is 1.84. The zero-order valence-electron chi connectivity index (χ0n) is 4.83. The molecule has 0 aliphatic carbocycles. The Morgan fingerprint density at radius 1 is 1.62 bits per heavy atom. The molecule has 4 heteroatoms. The van der Waals surface area contributed by atoms with Gasteiger partial charge in [-0.15, -0.1) is 4.52 Å². The fourth-order valence-electron chi connectivity index (χ4n) is 0.154. The van der Waals surface area contributed by atoms with Crippen LogP contribution in [-0.2, 0) is 13.6 Å². The van der Waals surface area contributed by atoms with Gasteiger partial charge >= 0.3 is 8.25 Å². The fourth-order valence-corrected chi connectivity index (χ4v) is 0.461. The van der Waals surface area contributed by atoms with Crippen molar-refractivity contribution < 1.29 is 13.6 Å². The molecule has 0 spiro atoms. The van der Waals surface area contributed by atoms with Gasteiger partial charge in [0.1, 0.15) is 6.26 Å². The van der Waals surface area contributed by atoms with Crippen molar-refractivity contribution in [3.05, 3.63) is 12.3 Å². The molecule has 0 amide bonds. The smallest absolute Gasteiger partial charge is 0.238 e. The summed E-state index contributed by atoms with van der Waals surface area (Å²) in [5.74, 6) is 0. The zero-order chi connectivity index (χ0) is 6.41. The Hall–Kier alpha value is -0.400. The van der Waals surface area contributed by atoms with Crippen molar-refractivity contribution in [2.24, 2.45) is 0 Å². The van der Waals surface area contributed by atoms with Crippen molar-refractivity contribution >= 4 is 8.25 Å². The Morgan fingerprint density at radius 2 is 2.25 bits per heavy atom. The average Bonchev–Trinajstić information content (AvgIpc) is 1.83. The van der Waals surface area contributed by atoms with E-state index < -0.39 is 8.25 Å². The fraction of sp³-hybridized carbons (Fsp3) is 0.500. The third-order valence-corrected chi connectivity index (χ3v) is 1.02. The van der Waals surface area contributed by atoms with E-state index in [0.29, 0.717) is 0 Å². The minimum absolute atomic E-state index is 1.32. The van der Waals surface area contributed by atoms with Crippen LogP contribution in [-0.4, -0.2) is 7.11 Å². The molecule has 0 aromatic carbocycles. The van der Waals surface area contributed by atoms with E-state index in [4.69, 9.17) is 0 Å². The van der Waals surface area contributed by atoms with Crippen LogP contribution in [0.15, 0.2) is 12.3 Å². The van der Waals surface area contributed by atoms with E-state index in [0.717, 1.165) is 0 Å². The Bertz CT molecular complexity index is 99.5. The molecule has 0 bridgehead atoms. The first-order valence-electron chi connectivity index (χ1n) is 2.10. The van der Waals surface area contributed by atoms with Gasteiger partial charge in [0, 0.05) is 4.57 Å². The van der Waals surface area contributed by atoms with Crippen molar-refractivity contribution in [2.45, 2.75) is 6.92 Å². The molecule has 1 atom stereocenters.